The van der Waals surface area contributed by atoms with E-state index in [1.807, 2.05) is 0 Å². The SMILES string of the molecule is NS(=O)(=O)C1CC(=O)N(c2nccnc2Cl)C1. The van der Waals surface area contributed by atoms with Crippen LogP contribution in [0.25, 0.3) is 0 Å². The fourth-order valence-electron chi connectivity index (χ4n) is 1.59. The van der Waals surface area contributed by atoms with E-state index in [9.17, 15) is 13.2 Å². The first-order valence-electron chi connectivity index (χ1n) is 4.68. The summed E-state index contributed by atoms with van der Waals surface area (Å²) in [7, 11) is -3.74. The van der Waals surface area contributed by atoms with E-state index in [-0.39, 0.29) is 29.8 Å². The van der Waals surface area contributed by atoms with Crippen molar-refractivity contribution in [3.63, 3.8) is 0 Å². The van der Waals surface area contributed by atoms with Crippen LogP contribution in [-0.4, -0.2) is 36.1 Å². The van der Waals surface area contributed by atoms with Gasteiger partial charge in [0.1, 0.15) is 5.25 Å². The van der Waals surface area contributed by atoms with Gasteiger partial charge in [0.15, 0.2) is 11.0 Å². The number of amides is 1. The largest absolute Gasteiger partial charge is 0.293 e. The zero-order chi connectivity index (χ0) is 12.6. The van der Waals surface area contributed by atoms with Gasteiger partial charge < -0.3 is 0 Å². The molecule has 1 aromatic rings. The Bertz CT molecular complexity index is 562. The van der Waals surface area contributed by atoms with E-state index in [1.54, 1.807) is 0 Å². The van der Waals surface area contributed by atoms with Gasteiger partial charge in [-0.1, -0.05) is 11.6 Å². The molecule has 2 rings (SSSR count). The van der Waals surface area contributed by atoms with E-state index in [0.29, 0.717) is 0 Å². The minimum Gasteiger partial charge on any atom is -0.293 e. The normalized spacial score (nSPS) is 20.9. The molecule has 2 N–H and O–H groups in total. The highest BCUT2D eigenvalue weighted by molar-refractivity contribution is 7.89. The van der Waals surface area contributed by atoms with Crippen LogP contribution in [0.2, 0.25) is 5.15 Å². The van der Waals surface area contributed by atoms with Gasteiger partial charge in [-0.25, -0.2) is 23.5 Å². The van der Waals surface area contributed by atoms with E-state index >= 15 is 0 Å². The molecule has 0 aromatic carbocycles. The molecule has 7 nitrogen and oxygen atoms in total. The van der Waals surface area contributed by atoms with Crippen molar-refractivity contribution < 1.29 is 13.2 Å². The Hall–Kier alpha value is -1.25. The van der Waals surface area contributed by atoms with Crippen LogP contribution in [-0.2, 0) is 14.8 Å². The number of anilines is 1. The second-order valence-electron chi connectivity index (χ2n) is 3.59. The van der Waals surface area contributed by atoms with Crippen LogP contribution < -0.4 is 10.0 Å². The third-order valence-corrected chi connectivity index (χ3v) is 3.96. The van der Waals surface area contributed by atoms with Crippen LogP contribution in [0.1, 0.15) is 6.42 Å². The second-order valence-corrected chi connectivity index (χ2v) is 5.79. The number of carbonyl (C=O) groups excluding carboxylic acids is 1. The molecule has 1 atom stereocenters. The van der Waals surface area contributed by atoms with Gasteiger partial charge in [-0.3, -0.25) is 9.69 Å². The van der Waals surface area contributed by atoms with E-state index in [4.69, 9.17) is 16.7 Å². The van der Waals surface area contributed by atoms with Crippen molar-refractivity contribution in [2.45, 2.75) is 11.7 Å². The molecule has 0 spiro atoms. The van der Waals surface area contributed by atoms with Crippen molar-refractivity contribution in [1.82, 2.24) is 9.97 Å². The first-order valence-corrected chi connectivity index (χ1v) is 6.67. The zero-order valence-corrected chi connectivity index (χ0v) is 10.1. The number of carbonyl (C=O) groups is 1. The van der Waals surface area contributed by atoms with E-state index in [0.717, 1.165) is 0 Å². The van der Waals surface area contributed by atoms with Crippen LogP contribution in [0, 0.1) is 0 Å². The number of sulfonamides is 1. The first-order chi connectivity index (χ1) is 7.89. The number of nitrogens with zero attached hydrogens (tertiary/aromatic N) is 3. The predicted molar refractivity (Wildman–Crippen MR) is 60.9 cm³/mol. The molecule has 0 saturated carbocycles. The lowest BCUT2D eigenvalue weighted by molar-refractivity contribution is -0.117. The number of halogens is 1. The van der Waals surface area contributed by atoms with Gasteiger partial charge in [0, 0.05) is 25.4 Å². The molecule has 2 heterocycles. The van der Waals surface area contributed by atoms with Crippen LogP contribution in [0.15, 0.2) is 12.4 Å². The quantitative estimate of drug-likeness (QED) is 0.785. The van der Waals surface area contributed by atoms with Gasteiger partial charge >= 0.3 is 0 Å². The lowest BCUT2D eigenvalue weighted by Gasteiger charge is -2.15. The summed E-state index contributed by atoms with van der Waals surface area (Å²) in [4.78, 5) is 20.5. The molecule has 17 heavy (non-hydrogen) atoms. The van der Waals surface area contributed by atoms with Crippen LogP contribution in [0.3, 0.4) is 0 Å². The summed E-state index contributed by atoms with van der Waals surface area (Å²) in [5.41, 5.74) is 0. The molecule has 0 radical (unpaired) electrons. The zero-order valence-electron chi connectivity index (χ0n) is 8.58. The van der Waals surface area contributed by atoms with Gasteiger partial charge in [0.2, 0.25) is 15.9 Å². The average molecular weight is 277 g/mol. The molecular weight excluding hydrogens is 268 g/mol. The summed E-state index contributed by atoms with van der Waals surface area (Å²) < 4.78 is 22.3. The summed E-state index contributed by atoms with van der Waals surface area (Å²) in [6.07, 6.45) is 2.59. The number of nitrogens with two attached hydrogens (primary N) is 1. The summed E-state index contributed by atoms with van der Waals surface area (Å²) in [5, 5.41) is 4.13. The van der Waals surface area contributed by atoms with Crippen molar-refractivity contribution >= 4 is 33.3 Å². The fraction of sp³-hybridized carbons (Fsp3) is 0.375. The average Bonchev–Trinajstić information content (AvgIpc) is 2.61. The molecule has 0 aliphatic carbocycles. The number of rotatable bonds is 2. The third kappa shape index (κ3) is 2.38. The molecule has 0 bridgehead atoms. The smallest absolute Gasteiger partial charge is 0.229 e. The molecule has 1 saturated heterocycles. The lowest BCUT2D eigenvalue weighted by Crippen LogP contribution is -2.32. The van der Waals surface area contributed by atoms with Crippen molar-refractivity contribution in [3.8, 4) is 0 Å². The van der Waals surface area contributed by atoms with Crippen LogP contribution in [0.4, 0.5) is 5.82 Å². The standard InChI is InChI=1S/C8H9ClN4O3S/c9-7-8(12-2-1-11-7)13-4-5(3-6(13)14)17(10,15)16/h1-2,5H,3-4H2,(H2,10,15,16). The highest BCUT2D eigenvalue weighted by Crippen LogP contribution is 2.26. The Kier molecular flexibility index (Phi) is 3.02. The molecule has 9 heteroatoms. The Morgan fingerprint density at radius 2 is 2.06 bits per heavy atom. The lowest BCUT2D eigenvalue weighted by atomic mass is 10.4. The van der Waals surface area contributed by atoms with Gasteiger partial charge in [0.05, 0.1) is 0 Å². The molecular formula is C8H9ClN4O3S. The van der Waals surface area contributed by atoms with E-state index in [1.165, 1.54) is 17.3 Å². The Labute approximate surface area is 103 Å². The molecule has 1 unspecified atom stereocenters. The molecule has 1 aliphatic heterocycles. The third-order valence-electron chi connectivity index (χ3n) is 2.45. The maximum atomic E-state index is 11.7. The Morgan fingerprint density at radius 1 is 1.41 bits per heavy atom. The van der Waals surface area contributed by atoms with Gasteiger partial charge in [-0.05, 0) is 0 Å². The summed E-state index contributed by atoms with van der Waals surface area (Å²) in [5.74, 6) is -0.225. The Balaban J connectivity index is 2.31. The summed E-state index contributed by atoms with van der Waals surface area (Å²) in [6.45, 7) is -0.0456. The maximum absolute atomic E-state index is 11.7. The van der Waals surface area contributed by atoms with Crippen molar-refractivity contribution in [2.75, 3.05) is 11.4 Å². The van der Waals surface area contributed by atoms with E-state index in [2.05, 4.69) is 9.97 Å². The molecule has 1 amide bonds. The summed E-state index contributed by atoms with van der Waals surface area (Å²) >= 11 is 5.78. The van der Waals surface area contributed by atoms with Gasteiger partial charge in [-0.2, -0.15) is 0 Å². The van der Waals surface area contributed by atoms with Crippen molar-refractivity contribution in [1.29, 1.82) is 0 Å². The predicted octanol–water partition coefficient (Wildman–Crippen LogP) is -0.476. The van der Waals surface area contributed by atoms with Gasteiger partial charge in [-0.15, -0.1) is 0 Å². The highest BCUT2D eigenvalue weighted by Gasteiger charge is 2.38. The van der Waals surface area contributed by atoms with Crippen LogP contribution >= 0.6 is 11.6 Å². The van der Waals surface area contributed by atoms with Gasteiger partial charge in [0.25, 0.3) is 0 Å². The monoisotopic (exact) mass is 276 g/mol. The Morgan fingerprint density at radius 3 is 2.59 bits per heavy atom. The fourth-order valence-corrected chi connectivity index (χ4v) is 2.53. The number of hydrogen-bond donors (Lipinski definition) is 1. The second kappa shape index (κ2) is 4.21. The van der Waals surface area contributed by atoms with Crippen LogP contribution in [0.5, 0.6) is 0 Å². The van der Waals surface area contributed by atoms with Crippen molar-refractivity contribution in [2.24, 2.45) is 5.14 Å². The minimum absolute atomic E-state index is 0.0456. The number of aromatic nitrogens is 2. The van der Waals surface area contributed by atoms with Crippen molar-refractivity contribution in [3.05, 3.63) is 17.5 Å². The maximum Gasteiger partial charge on any atom is 0.229 e. The number of hydrogen-bond acceptors (Lipinski definition) is 5. The van der Waals surface area contributed by atoms with E-state index < -0.39 is 15.3 Å². The number of primary sulfonamides is 1. The topological polar surface area (TPSA) is 106 Å². The molecule has 92 valence electrons. The minimum atomic E-state index is -3.74. The highest BCUT2D eigenvalue weighted by atomic mass is 35.5. The molecule has 1 aromatic heterocycles. The first kappa shape index (κ1) is 12.2. The summed E-state index contributed by atoms with van der Waals surface area (Å²) in [6, 6.07) is 0. The molecule has 1 fully saturated rings. The molecule has 1 aliphatic rings.